The van der Waals surface area contributed by atoms with Gasteiger partial charge in [-0.25, -0.2) is 0 Å². The molecule has 3 heteroatoms. The minimum Gasteiger partial charge on any atom is -0.379 e. The molecule has 0 aromatic heterocycles. The summed E-state index contributed by atoms with van der Waals surface area (Å²) in [5.74, 6) is 0. The van der Waals surface area contributed by atoms with Gasteiger partial charge in [-0.3, -0.25) is 4.90 Å². The van der Waals surface area contributed by atoms with Crippen molar-refractivity contribution in [3.63, 3.8) is 0 Å². The summed E-state index contributed by atoms with van der Waals surface area (Å²) in [6.07, 6.45) is 1.10. The number of morpholine rings is 1. The monoisotopic (exact) mass is 262 g/mol. The van der Waals surface area contributed by atoms with Gasteiger partial charge in [-0.05, 0) is 31.5 Å². The van der Waals surface area contributed by atoms with Gasteiger partial charge in [0.2, 0.25) is 0 Å². The normalized spacial score (nSPS) is 22.4. The molecule has 2 rings (SSSR count). The first-order chi connectivity index (χ1) is 9.24. The summed E-state index contributed by atoms with van der Waals surface area (Å²) >= 11 is 0. The molecular formula is C16H26N2O. The van der Waals surface area contributed by atoms with Crippen LogP contribution in [0.15, 0.2) is 24.3 Å². The van der Waals surface area contributed by atoms with Crippen LogP contribution in [0.2, 0.25) is 0 Å². The lowest BCUT2D eigenvalue weighted by molar-refractivity contribution is -0.00416. The van der Waals surface area contributed by atoms with Crippen LogP contribution in [0.4, 0.5) is 0 Å². The van der Waals surface area contributed by atoms with E-state index >= 15 is 0 Å². The van der Waals surface area contributed by atoms with Crippen molar-refractivity contribution in [3.8, 4) is 0 Å². The van der Waals surface area contributed by atoms with E-state index in [1.165, 1.54) is 11.1 Å². The Morgan fingerprint density at radius 3 is 2.68 bits per heavy atom. The van der Waals surface area contributed by atoms with E-state index in [4.69, 9.17) is 4.74 Å². The highest BCUT2D eigenvalue weighted by molar-refractivity contribution is 5.25. The van der Waals surface area contributed by atoms with Gasteiger partial charge in [-0.2, -0.15) is 0 Å². The molecule has 1 fully saturated rings. The first-order valence-corrected chi connectivity index (χ1v) is 7.32. The maximum atomic E-state index is 5.50. The molecule has 1 aliphatic heterocycles. The van der Waals surface area contributed by atoms with Crippen molar-refractivity contribution in [3.05, 3.63) is 35.4 Å². The summed E-state index contributed by atoms with van der Waals surface area (Å²) < 4.78 is 5.50. The molecule has 106 valence electrons. The lowest BCUT2D eigenvalue weighted by atomic mass is 10.0. The fourth-order valence-corrected chi connectivity index (χ4v) is 2.62. The number of hydrogen-bond donors (Lipinski definition) is 1. The van der Waals surface area contributed by atoms with E-state index in [2.05, 4.69) is 48.3 Å². The Bertz CT molecular complexity index is 377. The zero-order chi connectivity index (χ0) is 13.7. The van der Waals surface area contributed by atoms with Crippen LogP contribution in [0.5, 0.6) is 0 Å². The first-order valence-electron chi connectivity index (χ1n) is 7.32. The molecule has 1 aromatic rings. The first kappa shape index (κ1) is 14.5. The van der Waals surface area contributed by atoms with Gasteiger partial charge in [0.1, 0.15) is 0 Å². The Hall–Kier alpha value is -0.900. The number of aryl methyl sites for hydroxylation is 1. The van der Waals surface area contributed by atoms with E-state index in [-0.39, 0.29) is 0 Å². The highest BCUT2D eigenvalue weighted by atomic mass is 16.5. The second-order valence-electron chi connectivity index (χ2n) is 5.36. The molecule has 1 aliphatic rings. The van der Waals surface area contributed by atoms with Gasteiger partial charge in [0.05, 0.1) is 13.2 Å². The molecule has 0 radical (unpaired) electrons. The lowest BCUT2D eigenvalue weighted by Crippen LogP contribution is -2.46. The number of likely N-dealkylation sites (N-methyl/N-ethyl adjacent to an activating group) is 1. The third-order valence-corrected chi connectivity index (χ3v) is 4.06. The topological polar surface area (TPSA) is 24.5 Å². The average Bonchev–Trinajstić information content (AvgIpc) is 2.47. The Kier molecular flexibility index (Phi) is 5.37. The van der Waals surface area contributed by atoms with Gasteiger partial charge in [-0.15, -0.1) is 0 Å². The molecule has 0 aliphatic carbocycles. The third kappa shape index (κ3) is 3.78. The zero-order valence-electron chi connectivity index (χ0n) is 12.4. The second kappa shape index (κ2) is 7.04. The molecular weight excluding hydrogens is 236 g/mol. The molecule has 0 saturated carbocycles. The SMILES string of the molecule is CCc1ccc(C(CN2CCOCC2C)NC)cc1. The fourth-order valence-electron chi connectivity index (χ4n) is 2.62. The molecule has 2 unspecified atom stereocenters. The average molecular weight is 262 g/mol. The Morgan fingerprint density at radius 1 is 1.37 bits per heavy atom. The van der Waals surface area contributed by atoms with E-state index in [9.17, 15) is 0 Å². The number of ether oxygens (including phenoxy) is 1. The van der Waals surface area contributed by atoms with Crippen LogP contribution in [0.25, 0.3) is 0 Å². The maximum Gasteiger partial charge on any atom is 0.0619 e. The summed E-state index contributed by atoms with van der Waals surface area (Å²) in [6, 6.07) is 9.90. The van der Waals surface area contributed by atoms with Crippen LogP contribution in [0.3, 0.4) is 0 Å². The van der Waals surface area contributed by atoms with Gasteiger partial charge in [0.15, 0.2) is 0 Å². The van der Waals surface area contributed by atoms with Crippen molar-refractivity contribution in [2.45, 2.75) is 32.4 Å². The summed E-state index contributed by atoms with van der Waals surface area (Å²) in [4.78, 5) is 2.51. The highest BCUT2D eigenvalue weighted by Crippen LogP contribution is 2.18. The molecule has 3 nitrogen and oxygen atoms in total. The number of nitrogens with one attached hydrogen (secondary N) is 1. The van der Waals surface area contributed by atoms with Crippen LogP contribution in [0, 0.1) is 0 Å². The molecule has 19 heavy (non-hydrogen) atoms. The minimum atomic E-state index is 0.395. The predicted molar refractivity (Wildman–Crippen MR) is 79.5 cm³/mol. The van der Waals surface area contributed by atoms with E-state index in [1.807, 2.05) is 7.05 Å². The standard InChI is InChI=1S/C16H26N2O/c1-4-14-5-7-15(8-6-14)16(17-3)11-18-9-10-19-12-13(18)2/h5-8,13,16-17H,4,9-12H2,1-3H3. The molecule has 0 amide bonds. The Morgan fingerprint density at radius 2 is 2.11 bits per heavy atom. The quantitative estimate of drug-likeness (QED) is 0.880. The zero-order valence-corrected chi connectivity index (χ0v) is 12.4. The van der Waals surface area contributed by atoms with Crippen molar-refractivity contribution < 1.29 is 4.74 Å². The second-order valence-corrected chi connectivity index (χ2v) is 5.36. The number of rotatable bonds is 5. The Labute approximate surface area is 116 Å². The van der Waals surface area contributed by atoms with Crippen LogP contribution >= 0.6 is 0 Å². The Balaban J connectivity index is 2.01. The fraction of sp³-hybridized carbons (Fsp3) is 0.625. The summed E-state index contributed by atoms with van der Waals surface area (Å²) in [5.41, 5.74) is 2.77. The molecule has 0 spiro atoms. The number of nitrogens with zero attached hydrogens (tertiary/aromatic N) is 1. The highest BCUT2D eigenvalue weighted by Gasteiger charge is 2.22. The van der Waals surface area contributed by atoms with Gasteiger partial charge in [-0.1, -0.05) is 31.2 Å². The third-order valence-electron chi connectivity index (χ3n) is 4.06. The van der Waals surface area contributed by atoms with E-state index in [1.54, 1.807) is 0 Å². The van der Waals surface area contributed by atoms with Crippen molar-refractivity contribution in [1.82, 2.24) is 10.2 Å². The van der Waals surface area contributed by atoms with Crippen LogP contribution in [0.1, 0.15) is 31.0 Å². The van der Waals surface area contributed by atoms with Crippen molar-refractivity contribution in [2.75, 3.05) is 33.4 Å². The van der Waals surface area contributed by atoms with Crippen molar-refractivity contribution in [2.24, 2.45) is 0 Å². The van der Waals surface area contributed by atoms with Crippen LogP contribution in [-0.4, -0.2) is 44.3 Å². The summed E-state index contributed by atoms with van der Waals surface area (Å²) in [7, 11) is 2.05. The number of hydrogen-bond acceptors (Lipinski definition) is 3. The largest absolute Gasteiger partial charge is 0.379 e. The predicted octanol–water partition coefficient (Wildman–Crippen LogP) is 2.23. The molecule has 1 heterocycles. The van der Waals surface area contributed by atoms with Crippen LogP contribution in [-0.2, 0) is 11.2 Å². The van der Waals surface area contributed by atoms with E-state index in [0.29, 0.717) is 12.1 Å². The summed E-state index contributed by atoms with van der Waals surface area (Å²) in [6.45, 7) is 8.23. The van der Waals surface area contributed by atoms with Gasteiger partial charge in [0, 0.05) is 25.2 Å². The van der Waals surface area contributed by atoms with Crippen molar-refractivity contribution >= 4 is 0 Å². The maximum absolute atomic E-state index is 5.50. The smallest absolute Gasteiger partial charge is 0.0619 e. The van der Waals surface area contributed by atoms with Crippen molar-refractivity contribution in [1.29, 1.82) is 0 Å². The van der Waals surface area contributed by atoms with E-state index < -0.39 is 0 Å². The van der Waals surface area contributed by atoms with Gasteiger partial charge >= 0.3 is 0 Å². The van der Waals surface area contributed by atoms with Gasteiger partial charge in [0.25, 0.3) is 0 Å². The molecule has 2 atom stereocenters. The number of benzene rings is 1. The lowest BCUT2D eigenvalue weighted by Gasteiger charge is -2.35. The molecule has 1 N–H and O–H groups in total. The molecule has 1 aromatic carbocycles. The van der Waals surface area contributed by atoms with E-state index in [0.717, 1.165) is 32.7 Å². The van der Waals surface area contributed by atoms with Crippen LogP contribution < -0.4 is 5.32 Å². The molecule has 1 saturated heterocycles. The summed E-state index contributed by atoms with van der Waals surface area (Å²) in [5, 5.41) is 3.44. The van der Waals surface area contributed by atoms with Gasteiger partial charge < -0.3 is 10.1 Å². The molecule has 0 bridgehead atoms. The minimum absolute atomic E-state index is 0.395.